The first-order valence-electron chi connectivity index (χ1n) is 7.25. The fourth-order valence-electron chi connectivity index (χ4n) is 2.96. The molecule has 19 heavy (non-hydrogen) atoms. The van der Waals surface area contributed by atoms with Gasteiger partial charge in [0.25, 0.3) is 0 Å². The molecule has 2 rings (SSSR count). The Labute approximate surface area is 115 Å². The summed E-state index contributed by atoms with van der Waals surface area (Å²) in [6.45, 7) is 0.375. The van der Waals surface area contributed by atoms with E-state index in [1.165, 1.54) is 19.3 Å². The van der Waals surface area contributed by atoms with Crippen LogP contribution in [0.5, 0.6) is 0 Å². The van der Waals surface area contributed by atoms with E-state index in [0.29, 0.717) is 12.6 Å². The molecule has 3 nitrogen and oxygen atoms in total. The van der Waals surface area contributed by atoms with Gasteiger partial charge in [0.05, 0.1) is 5.92 Å². The monoisotopic (exact) mass is 260 g/mol. The highest BCUT2D eigenvalue weighted by atomic mass is 16.2. The highest BCUT2D eigenvalue weighted by Crippen LogP contribution is 2.25. The van der Waals surface area contributed by atoms with E-state index in [4.69, 9.17) is 5.73 Å². The summed E-state index contributed by atoms with van der Waals surface area (Å²) in [5, 5.41) is 0. The number of nitrogens with zero attached hydrogens (tertiary/aromatic N) is 1. The largest absolute Gasteiger partial charge is 0.342 e. The minimum atomic E-state index is -0.201. The minimum Gasteiger partial charge on any atom is -0.342 e. The predicted octanol–water partition coefficient (Wildman–Crippen LogP) is 2.52. The van der Waals surface area contributed by atoms with Gasteiger partial charge in [0.2, 0.25) is 5.91 Å². The summed E-state index contributed by atoms with van der Waals surface area (Å²) in [6, 6.07) is 10.3. The topological polar surface area (TPSA) is 46.3 Å². The molecule has 0 heterocycles. The first-order valence-corrected chi connectivity index (χ1v) is 7.25. The Balaban J connectivity index is 2.07. The molecule has 0 aromatic heterocycles. The van der Waals surface area contributed by atoms with Gasteiger partial charge in [-0.25, -0.2) is 0 Å². The smallest absolute Gasteiger partial charge is 0.231 e. The van der Waals surface area contributed by atoms with Crippen molar-refractivity contribution in [2.75, 3.05) is 13.6 Å². The maximum atomic E-state index is 12.6. The van der Waals surface area contributed by atoms with Crippen molar-refractivity contribution >= 4 is 5.91 Å². The van der Waals surface area contributed by atoms with Crippen LogP contribution >= 0.6 is 0 Å². The molecular weight excluding hydrogens is 236 g/mol. The lowest BCUT2D eigenvalue weighted by Crippen LogP contribution is -2.42. The van der Waals surface area contributed by atoms with E-state index in [1.54, 1.807) is 0 Å². The Kier molecular flexibility index (Phi) is 4.97. The average Bonchev–Trinajstić information content (AvgIpc) is 2.49. The predicted molar refractivity (Wildman–Crippen MR) is 77.9 cm³/mol. The van der Waals surface area contributed by atoms with Crippen molar-refractivity contribution < 1.29 is 4.79 Å². The zero-order valence-electron chi connectivity index (χ0n) is 11.7. The third kappa shape index (κ3) is 3.35. The van der Waals surface area contributed by atoms with Crippen LogP contribution in [0.4, 0.5) is 0 Å². The summed E-state index contributed by atoms with van der Waals surface area (Å²) in [5.41, 5.74) is 6.85. The average molecular weight is 260 g/mol. The van der Waals surface area contributed by atoms with Crippen molar-refractivity contribution in [3.05, 3.63) is 35.9 Å². The van der Waals surface area contributed by atoms with Crippen LogP contribution in [0.1, 0.15) is 43.6 Å². The maximum absolute atomic E-state index is 12.6. The van der Waals surface area contributed by atoms with Crippen molar-refractivity contribution in [1.29, 1.82) is 0 Å². The molecule has 1 aliphatic rings. The molecule has 0 spiro atoms. The molecule has 1 aliphatic carbocycles. The molecule has 1 aromatic rings. The second kappa shape index (κ2) is 6.71. The van der Waals surface area contributed by atoms with Gasteiger partial charge in [0.15, 0.2) is 0 Å². The lowest BCUT2D eigenvalue weighted by Gasteiger charge is -2.33. The van der Waals surface area contributed by atoms with Gasteiger partial charge in [0.1, 0.15) is 0 Å². The van der Waals surface area contributed by atoms with E-state index in [9.17, 15) is 4.79 Å². The van der Waals surface area contributed by atoms with E-state index in [1.807, 2.05) is 42.3 Å². The Hall–Kier alpha value is -1.35. The van der Waals surface area contributed by atoms with Crippen LogP contribution in [-0.2, 0) is 4.79 Å². The summed E-state index contributed by atoms with van der Waals surface area (Å²) in [5.74, 6) is -0.0336. The van der Waals surface area contributed by atoms with E-state index >= 15 is 0 Å². The van der Waals surface area contributed by atoms with Crippen molar-refractivity contribution in [1.82, 2.24) is 4.90 Å². The van der Waals surface area contributed by atoms with E-state index in [0.717, 1.165) is 18.4 Å². The van der Waals surface area contributed by atoms with E-state index < -0.39 is 0 Å². The van der Waals surface area contributed by atoms with Gasteiger partial charge in [-0.3, -0.25) is 4.79 Å². The third-order valence-corrected chi connectivity index (χ3v) is 4.21. The van der Waals surface area contributed by atoms with Crippen molar-refractivity contribution in [3.8, 4) is 0 Å². The lowest BCUT2D eigenvalue weighted by molar-refractivity contribution is -0.134. The van der Waals surface area contributed by atoms with Crippen molar-refractivity contribution in [2.45, 2.75) is 44.1 Å². The Morgan fingerprint density at radius 3 is 2.47 bits per heavy atom. The van der Waals surface area contributed by atoms with Gasteiger partial charge >= 0.3 is 0 Å². The second-order valence-electron chi connectivity index (χ2n) is 5.44. The Bertz CT molecular complexity index is 398. The van der Waals surface area contributed by atoms with Gasteiger partial charge in [-0.15, -0.1) is 0 Å². The van der Waals surface area contributed by atoms with Crippen LogP contribution in [0.25, 0.3) is 0 Å². The number of benzene rings is 1. The van der Waals surface area contributed by atoms with Gasteiger partial charge in [0, 0.05) is 19.6 Å². The number of hydrogen-bond acceptors (Lipinski definition) is 2. The summed E-state index contributed by atoms with van der Waals surface area (Å²) in [7, 11) is 1.93. The zero-order chi connectivity index (χ0) is 13.7. The van der Waals surface area contributed by atoms with Gasteiger partial charge in [-0.05, 0) is 18.4 Å². The number of carbonyl (C=O) groups is 1. The molecule has 3 heteroatoms. The summed E-state index contributed by atoms with van der Waals surface area (Å²) >= 11 is 0. The van der Waals surface area contributed by atoms with E-state index in [2.05, 4.69) is 0 Å². The second-order valence-corrected chi connectivity index (χ2v) is 5.44. The number of rotatable bonds is 4. The van der Waals surface area contributed by atoms with Gasteiger partial charge in [-0.1, -0.05) is 49.6 Å². The van der Waals surface area contributed by atoms with Crippen molar-refractivity contribution in [2.24, 2.45) is 5.73 Å². The number of likely N-dealkylation sites (N-methyl/N-ethyl adjacent to an activating group) is 1. The SMILES string of the molecule is CN(C(=O)C(CN)c1ccccc1)C1CCCCC1. The molecule has 104 valence electrons. The molecule has 0 saturated heterocycles. The molecule has 1 atom stereocenters. The first kappa shape index (κ1) is 14.1. The van der Waals surface area contributed by atoms with Crippen LogP contribution in [0.2, 0.25) is 0 Å². The fourth-order valence-corrected chi connectivity index (χ4v) is 2.96. The molecule has 1 amide bonds. The number of amides is 1. The van der Waals surface area contributed by atoms with Crippen LogP contribution in [-0.4, -0.2) is 30.4 Å². The summed E-state index contributed by atoms with van der Waals surface area (Å²) in [4.78, 5) is 14.6. The highest BCUT2D eigenvalue weighted by Gasteiger charge is 2.27. The van der Waals surface area contributed by atoms with Crippen LogP contribution in [0.15, 0.2) is 30.3 Å². The quantitative estimate of drug-likeness (QED) is 0.904. The summed E-state index contributed by atoms with van der Waals surface area (Å²) in [6.07, 6.45) is 6.04. The van der Waals surface area contributed by atoms with Crippen LogP contribution < -0.4 is 5.73 Å². The van der Waals surface area contributed by atoms with Crippen LogP contribution in [0, 0.1) is 0 Å². The van der Waals surface area contributed by atoms with Crippen LogP contribution in [0.3, 0.4) is 0 Å². The molecule has 1 fully saturated rings. The highest BCUT2D eigenvalue weighted by molar-refractivity contribution is 5.84. The normalized spacial score (nSPS) is 18.0. The third-order valence-electron chi connectivity index (χ3n) is 4.21. The standard InChI is InChI=1S/C16H24N2O/c1-18(14-10-6-3-7-11-14)16(19)15(12-17)13-8-4-2-5-9-13/h2,4-5,8-9,14-15H,3,6-7,10-12,17H2,1H3. The molecule has 0 bridgehead atoms. The number of hydrogen-bond donors (Lipinski definition) is 1. The van der Waals surface area contributed by atoms with E-state index in [-0.39, 0.29) is 11.8 Å². The zero-order valence-corrected chi connectivity index (χ0v) is 11.7. The fraction of sp³-hybridized carbons (Fsp3) is 0.562. The van der Waals surface area contributed by atoms with Gasteiger partial charge in [-0.2, -0.15) is 0 Å². The molecular formula is C16H24N2O. The minimum absolute atomic E-state index is 0.167. The Morgan fingerprint density at radius 2 is 1.89 bits per heavy atom. The van der Waals surface area contributed by atoms with Crippen molar-refractivity contribution in [3.63, 3.8) is 0 Å². The molecule has 0 radical (unpaired) electrons. The molecule has 2 N–H and O–H groups in total. The number of carbonyl (C=O) groups excluding carboxylic acids is 1. The lowest BCUT2D eigenvalue weighted by atomic mass is 9.92. The first-order chi connectivity index (χ1) is 9.24. The number of nitrogens with two attached hydrogens (primary N) is 1. The Morgan fingerprint density at radius 1 is 1.26 bits per heavy atom. The molecule has 1 saturated carbocycles. The molecule has 1 aromatic carbocycles. The summed E-state index contributed by atoms with van der Waals surface area (Å²) < 4.78 is 0. The molecule has 1 unspecified atom stereocenters. The maximum Gasteiger partial charge on any atom is 0.231 e. The molecule has 0 aliphatic heterocycles. The van der Waals surface area contributed by atoms with Gasteiger partial charge < -0.3 is 10.6 Å².